The number of benzene rings is 1. The Bertz CT molecular complexity index is 1000. The highest BCUT2D eigenvalue weighted by molar-refractivity contribution is 7.13. The van der Waals surface area contributed by atoms with Crippen LogP contribution < -0.4 is 10.6 Å². The smallest absolute Gasteiger partial charge is 0.321 e. The van der Waals surface area contributed by atoms with Gasteiger partial charge in [0.1, 0.15) is 5.01 Å². The van der Waals surface area contributed by atoms with E-state index in [4.69, 9.17) is 16.3 Å². The molecular formula is C19H16ClN3O4S2. The number of carbonyl (C=O) groups excluding carboxylic acids is 3. The number of aromatic nitrogens is 1. The van der Waals surface area contributed by atoms with Crippen LogP contribution in [0.2, 0.25) is 5.02 Å². The van der Waals surface area contributed by atoms with Crippen molar-refractivity contribution >= 4 is 52.2 Å². The Morgan fingerprint density at radius 2 is 2.00 bits per heavy atom. The number of thiophene rings is 1. The predicted molar refractivity (Wildman–Crippen MR) is 112 cm³/mol. The maximum atomic E-state index is 11.9. The quantitative estimate of drug-likeness (QED) is 0.537. The molecule has 29 heavy (non-hydrogen) atoms. The monoisotopic (exact) mass is 449 g/mol. The topological polar surface area (TPSA) is 97.4 Å². The molecule has 0 aliphatic carbocycles. The van der Waals surface area contributed by atoms with Gasteiger partial charge in [0.2, 0.25) is 0 Å². The zero-order valence-corrected chi connectivity index (χ0v) is 17.4. The van der Waals surface area contributed by atoms with Crippen molar-refractivity contribution < 1.29 is 19.1 Å². The van der Waals surface area contributed by atoms with E-state index in [-0.39, 0.29) is 6.42 Å². The summed E-state index contributed by atoms with van der Waals surface area (Å²) in [6, 6.07) is 10.3. The summed E-state index contributed by atoms with van der Waals surface area (Å²) in [6.45, 7) is -0.230. The van der Waals surface area contributed by atoms with E-state index in [2.05, 4.69) is 15.6 Å². The summed E-state index contributed by atoms with van der Waals surface area (Å²) in [4.78, 5) is 40.6. The fourth-order valence-corrected chi connectivity index (χ4v) is 3.93. The third-order valence-corrected chi connectivity index (χ3v) is 5.62. The van der Waals surface area contributed by atoms with Crippen LogP contribution in [0.1, 0.15) is 10.6 Å². The molecule has 10 heteroatoms. The van der Waals surface area contributed by atoms with E-state index in [1.54, 1.807) is 17.5 Å². The van der Waals surface area contributed by atoms with Gasteiger partial charge in [0.05, 0.1) is 18.7 Å². The van der Waals surface area contributed by atoms with Crippen LogP contribution in [0, 0.1) is 0 Å². The second kappa shape index (κ2) is 10.1. The van der Waals surface area contributed by atoms with Gasteiger partial charge in [0, 0.05) is 20.8 Å². The van der Waals surface area contributed by atoms with Gasteiger partial charge in [0.25, 0.3) is 5.91 Å². The number of rotatable bonds is 7. The van der Waals surface area contributed by atoms with Crippen molar-refractivity contribution in [3.05, 3.63) is 62.8 Å². The van der Waals surface area contributed by atoms with Crippen LogP contribution in [0.15, 0.2) is 47.2 Å². The number of halogens is 1. The number of nitrogens with one attached hydrogen (secondary N) is 2. The molecule has 1 aromatic carbocycles. The third kappa shape index (κ3) is 6.67. The summed E-state index contributed by atoms with van der Waals surface area (Å²) < 4.78 is 4.91. The lowest BCUT2D eigenvalue weighted by atomic mass is 10.2. The van der Waals surface area contributed by atoms with Crippen molar-refractivity contribution in [3.8, 4) is 10.6 Å². The number of urea groups is 1. The van der Waals surface area contributed by atoms with Gasteiger partial charge < -0.3 is 10.1 Å². The maximum Gasteiger partial charge on any atom is 0.321 e. The van der Waals surface area contributed by atoms with E-state index in [1.807, 2.05) is 29.6 Å². The number of nitrogens with zero attached hydrogens (tertiary/aromatic N) is 1. The molecule has 0 bridgehead atoms. The Kier molecular flexibility index (Phi) is 7.34. The summed E-state index contributed by atoms with van der Waals surface area (Å²) in [6.07, 6.45) is -0.0745. The van der Waals surface area contributed by atoms with Crippen LogP contribution in [0.3, 0.4) is 0 Å². The highest BCUT2D eigenvalue weighted by Crippen LogP contribution is 2.26. The minimum atomic E-state index is -0.708. The SMILES string of the molecule is O=C(COC(=O)Cc1csc(-c2cccc(Cl)c2)n1)NC(=O)NCc1cccs1. The Hall–Kier alpha value is -2.75. The Balaban J connectivity index is 1.40. The molecule has 7 nitrogen and oxygen atoms in total. The molecule has 0 atom stereocenters. The van der Waals surface area contributed by atoms with Gasteiger partial charge in [-0.05, 0) is 23.6 Å². The molecule has 0 aliphatic rings. The van der Waals surface area contributed by atoms with Crippen molar-refractivity contribution in [3.63, 3.8) is 0 Å². The van der Waals surface area contributed by atoms with E-state index < -0.39 is 24.5 Å². The Morgan fingerprint density at radius 1 is 1.14 bits per heavy atom. The van der Waals surface area contributed by atoms with Gasteiger partial charge in [-0.1, -0.05) is 29.8 Å². The van der Waals surface area contributed by atoms with E-state index in [0.717, 1.165) is 15.4 Å². The summed E-state index contributed by atoms with van der Waals surface area (Å²) in [5, 5.41) is 9.62. The fourth-order valence-electron chi connectivity index (χ4n) is 2.27. The molecule has 0 saturated heterocycles. The lowest BCUT2D eigenvalue weighted by Gasteiger charge is -2.06. The fraction of sp³-hybridized carbons (Fsp3) is 0.158. The standard InChI is InChI=1S/C19H16ClN3O4S2/c20-13-4-1-3-12(7-13)18-22-14(11-29-18)8-17(25)27-10-16(24)23-19(26)21-9-15-5-2-6-28-15/h1-7,11H,8-10H2,(H2,21,23,24,26). The number of thiazole rings is 1. The predicted octanol–water partition coefficient (Wildman–Crippen LogP) is 3.64. The van der Waals surface area contributed by atoms with Gasteiger partial charge in [0.15, 0.2) is 6.61 Å². The van der Waals surface area contributed by atoms with Gasteiger partial charge in [-0.15, -0.1) is 22.7 Å². The largest absolute Gasteiger partial charge is 0.455 e. The van der Waals surface area contributed by atoms with Gasteiger partial charge in [-0.2, -0.15) is 0 Å². The molecular weight excluding hydrogens is 434 g/mol. The Labute approximate surface area is 179 Å². The van der Waals surface area contributed by atoms with Crippen LogP contribution in [-0.4, -0.2) is 29.5 Å². The van der Waals surface area contributed by atoms with E-state index >= 15 is 0 Å². The number of esters is 1. The molecule has 0 unspecified atom stereocenters. The average Bonchev–Trinajstić information content (AvgIpc) is 3.37. The van der Waals surface area contributed by atoms with Crippen molar-refractivity contribution in [2.75, 3.05) is 6.61 Å². The second-order valence-electron chi connectivity index (χ2n) is 5.80. The molecule has 0 saturated carbocycles. The van der Waals surface area contributed by atoms with Gasteiger partial charge >= 0.3 is 12.0 Å². The Morgan fingerprint density at radius 3 is 2.76 bits per heavy atom. The highest BCUT2D eigenvalue weighted by Gasteiger charge is 2.13. The molecule has 0 aliphatic heterocycles. The molecule has 2 aromatic heterocycles. The van der Waals surface area contributed by atoms with E-state index in [1.165, 1.54) is 22.7 Å². The number of imide groups is 1. The first-order valence-electron chi connectivity index (χ1n) is 8.45. The molecule has 0 spiro atoms. The number of hydrogen-bond donors (Lipinski definition) is 2. The number of ether oxygens (including phenoxy) is 1. The first-order valence-corrected chi connectivity index (χ1v) is 10.6. The molecule has 3 rings (SSSR count). The lowest BCUT2D eigenvalue weighted by Crippen LogP contribution is -2.41. The molecule has 150 valence electrons. The molecule has 3 amide bonds. The second-order valence-corrected chi connectivity index (χ2v) is 8.13. The van der Waals surface area contributed by atoms with Crippen molar-refractivity contribution in [2.45, 2.75) is 13.0 Å². The lowest BCUT2D eigenvalue weighted by molar-refractivity contribution is -0.147. The van der Waals surface area contributed by atoms with Crippen molar-refractivity contribution in [2.24, 2.45) is 0 Å². The minimum Gasteiger partial charge on any atom is -0.455 e. The van der Waals surface area contributed by atoms with E-state index in [9.17, 15) is 14.4 Å². The summed E-state index contributed by atoms with van der Waals surface area (Å²) >= 11 is 8.85. The number of amides is 3. The van der Waals surface area contributed by atoms with Gasteiger partial charge in [-0.25, -0.2) is 9.78 Å². The van der Waals surface area contributed by atoms with Crippen molar-refractivity contribution in [1.82, 2.24) is 15.6 Å². The van der Waals surface area contributed by atoms with Crippen LogP contribution in [0.25, 0.3) is 10.6 Å². The summed E-state index contributed by atoms with van der Waals surface area (Å²) in [5.74, 6) is -1.32. The van der Waals surface area contributed by atoms with Crippen LogP contribution >= 0.6 is 34.3 Å². The first kappa shape index (κ1) is 21.0. The van der Waals surface area contributed by atoms with Crippen molar-refractivity contribution in [1.29, 1.82) is 0 Å². The average molecular weight is 450 g/mol. The van der Waals surface area contributed by atoms with Crippen LogP contribution in [-0.2, 0) is 27.3 Å². The normalized spacial score (nSPS) is 10.4. The zero-order chi connectivity index (χ0) is 20.6. The van der Waals surface area contributed by atoms with E-state index in [0.29, 0.717) is 17.3 Å². The molecule has 2 N–H and O–H groups in total. The number of carbonyl (C=O) groups is 3. The van der Waals surface area contributed by atoms with Gasteiger partial charge in [-0.3, -0.25) is 14.9 Å². The summed E-state index contributed by atoms with van der Waals surface area (Å²) in [7, 11) is 0. The molecule has 3 aromatic rings. The van der Waals surface area contributed by atoms with Crippen LogP contribution in [0.4, 0.5) is 4.79 Å². The number of hydrogen-bond acceptors (Lipinski definition) is 7. The molecule has 0 radical (unpaired) electrons. The van der Waals surface area contributed by atoms with Crippen LogP contribution in [0.5, 0.6) is 0 Å². The first-order chi connectivity index (χ1) is 14.0. The molecule has 2 heterocycles. The summed E-state index contributed by atoms with van der Waals surface area (Å²) in [5.41, 5.74) is 1.39. The zero-order valence-electron chi connectivity index (χ0n) is 15.0. The molecule has 0 fully saturated rings. The third-order valence-electron chi connectivity index (χ3n) is 3.57. The minimum absolute atomic E-state index is 0.0745. The highest BCUT2D eigenvalue weighted by atomic mass is 35.5. The maximum absolute atomic E-state index is 11.9.